The number of benzene rings is 1. The number of carbonyl (C=O) groups excluding carboxylic acids is 1. The van der Waals surface area contributed by atoms with Crippen LogP contribution in [0.2, 0.25) is 0 Å². The molecule has 3 N–H and O–H groups in total. The van der Waals surface area contributed by atoms with Crippen LogP contribution in [0.5, 0.6) is 5.75 Å². The van der Waals surface area contributed by atoms with Crippen LogP contribution in [0.15, 0.2) is 12.1 Å². The van der Waals surface area contributed by atoms with Crippen LogP contribution in [0, 0.1) is 11.3 Å². The lowest BCUT2D eigenvalue weighted by Crippen LogP contribution is -2.20. The molecule has 0 saturated heterocycles. The van der Waals surface area contributed by atoms with Gasteiger partial charge < -0.3 is 15.6 Å². The molecule has 21 heavy (non-hydrogen) atoms. The van der Waals surface area contributed by atoms with Crippen molar-refractivity contribution < 1.29 is 14.6 Å². The van der Waals surface area contributed by atoms with Crippen molar-refractivity contribution >= 4 is 23.1 Å². The SMILES string of the molecule is CCCCC(=O)c1cc(N)cc(C#N)c1OCC(O)CCl. The summed E-state index contributed by atoms with van der Waals surface area (Å²) in [4.78, 5) is 12.2. The van der Waals surface area contributed by atoms with E-state index in [1.54, 1.807) is 0 Å². The van der Waals surface area contributed by atoms with Crippen molar-refractivity contribution in [2.45, 2.75) is 32.3 Å². The zero-order valence-electron chi connectivity index (χ0n) is 11.9. The molecule has 0 aliphatic carbocycles. The van der Waals surface area contributed by atoms with Crippen molar-refractivity contribution in [3.05, 3.63) is 23.3 Å². The predicted molar refractivity (Wildman–Crippen MR) is 81.6 cm³/mol. The minimum absolute atomic E-state index is 0.00989. The van der Waals surface area contributed by atoms with E-state index in [-0.39, 0.29) is 35.1 Å². The number of nitrogens with two attached hydrogens (primary N) is 1. The minimum Gasteiger partial charge on any atom is -0.489 e. The van der Waals surface area contributed by atoms with E-state index in [2.05, 4.69) is 0 Å². The number of hydrogen-bond acceptors (Lipinski definition) is 5. The molecule has 5 nitrogen and oxygen atoms in total. The molecule has 0 spiro atoms. The maximum Gasteiger partial charge on any atom is 0.166 e. The number of unbranched alkanes of at least 4 members (excludes halogenated alkanes) is 1. The number of rotatable bonds is 8. The molecule has 1 aromatic rings. The molecular formula is C15H19ClN2O3. The summed E-state index contributed by atoms with van der Waals surface area (Å²) in [5, 5.41) is 18.6. The molecule has 0 amide bonds. The van der Waals surface area contributed by atoms with Gasteiger partial charge in [-0.25, -0.2) is 0 Å². The van der Waals surface area contributed by atoms with Crippen LogP contribution in [0.3, 0.4) is 0 Å². The van der Waals surface area contributed by atoms with E-state index in [0.717, 1.165) is 12.8 Å². The van der Waals surface area contributed by atoms with Gasteiger partial charge in [-0.05, 0) is 18.6 Å². The van der Waals surface area contributed by atoms with Crippen molar-refractivity contribution in [2.24, 2.45) is 0 Å². The standard InChI is InChI=1S/C15H19ClN2O3/c1-2-3-4-14(20)13-6-11(18)5-10(8-17)15(13)21-9-12(19)7-16/h5-6,12,19H,2-4,7,9,18H2,1H3. The van der Waals surface area contributed by atoms with Gasteiger partial charge >= 0.3 is 0 Å². The number of nitrogen functional groups attached to an aromatic ring is 1. The van der Waals surface area contributed by atoms with Crippen LogP contribution in [-0.2, 0) is 0 Å². The number of aliphatic hydroxyl groups is 1. The fraction of sp³-hybridized carbons (Fsp3) is 0.467. The van der Waals surface area contributed by atoms with E-state index >= 15 is 0 Å². The highest BCUT2D eigenvalue weighted by atomic mass is 35.5. The van der Waals surface area contributed by atoms with Crippen LogP contribution in [0.25, 0.3) is 0 Å². The Morgan fingerprint density at radius 3 is 2.86 bits per heavy atom. The number of nitrogens with zero attached hydrogens (tertiary/aromatic N) is 1. The van der Waals surface area contributed by atoms with Crippen LogP contribution in [0.1, 0.15) is 42.1 Å². The second-order valence-electron chi connectivity index (χ2n) is 4.70. The van der Waals surface area contributed by atoms with Crippen LogP contribution in [-0.4, -0.2) is 29.5 Å². The van der Waals surface area contributed by atoms with Crippen LogP contribution >= 0.6 is 11.6 Å². The molecule has 0 aromatic heterocycles. The second kappa shape index (κ2) is 8.50. The Morgan fingerprint density at radius 1 is 1.57 bits per heavy atom. The fourth-order valence-electron chi connectivity index (χ4n) is 1.79. The maximum atomic E-state index is 12.2. The van der Waals surface area contributed by atoms with E-state index in [0.29, 0.717) is 12.1 Å². The first-order valence-corrected chi connectivity index (χ1v) is 7.30. The summed E-state index contributed by atoms with van der Waals surface area (Å²) < 4.78 is 5.43. The highest BCUT2D eigenvalue weighted by Crippen LogP contribution is 2.28. The topological polar surface area (TPSA) is 96.3 Å². The average Bonchev–Trinajstić information content (AvgIpc) is 2.49. The monoisotopic (exact) mass is 310 g/mol. The number of halogens is 1. The first-order valence-electron chi connectivity index (χ1n) is 6.77. The molecule has 114 valence electrons. The number of aliphatic hydroxyl groups excluding tert-OH is 1. The summed E-state index contributed by atoms with van der Waals surface area (Å²) in [7, 11) is 0. The van der Waals surface area contributed by atoms with Crippen LogP contribution in [0.4, 0.5) is 5.69 Å². The zero-order chi connectivity index (χ0) is 15.8. The number of Topliss-reactive ketones (excluding diaryl/α,β-unsaturated/α-hetero) is 1. The molecule has 0 saturated carbocycles. The Kier molecular flexibility index (Phi) is 7.00. The molecule has 0 radical (unpaired) electrons. The Labute approximate surface area is 129 Å². The number of nitriles is 1. The lowest BCUT2D eigenvalue weighted by molar-refractivity contribution is 0.0964. The molecule has 0 aliphatic heterocycles. The lowest BCUT2D eigenvalue weighted by atomic mass is 10.0. The van der Waals surface area contributed by atoms with Gasteiger partial charge in [0.2, 0.25) is 0 Å². The number of hydrogen-bond donors (Lipinski definition) is 2. The highest BCUT2D eigenvalue weighted by molar-refractivity contribution is 6.18. The molecule has 6 heteroatoms. The number of ether oxygens (including phenoxy) is 1. The van der Waals surface area contributed by atoms with Gasteiger partial charge in [0.1, 0.15) is 24.5 Å². The largest absolute Gasteiger partial charge is 0.489 e. The van der Waals surface area contributed by atoms with Crippen molar-refractivity contribution in [2.75, 3.05) is 18.2 Å². The van der Waals surface area contributed by atoms with Gasteiger partial charge in [0.15, 0.2) is 5.78 Å². The van der Waals surface area contributed by atoms with E-state index < -0.39 is 6.10 Å². The Hall–Kier alpha value is -1.77. The van der Waals surface area contributed by atoms with Gasteiger partial charge in [0.05, 0.1) is 17.0 Å². The molecule has 1 rings (SSSR count). The van der Waals surface area contributed by atoms with Crippen LogP contribution < -0.4 is 10.5 Å². The molecule has 0 heterocycles. The normalized spacial score (nSPS) is 11.7. The molecule has 1 aromatic carbocycles. The summed E-state index contributed by atoms with van der Waals surface area (Å²) in [5.41, 5.74) is 6.51. The third-order valence-electron chi connectivity index (χ3n) is 2.89. The summed E-state index contributed by atoms with van der Waals surface area (Å²) in [6.45, 7) is 1.90. The molecule has 0 fully saturated rings. The van der Waals surface area contributed by atoms with Gasteiger partial charge in [0, 0.05) is 12.1 Å². The Balaban J connectivity index is 3.11. The van der Waals surface area contributed by atoms with E-state index in [1.165, 1.54) is 12.1 Å². The maximum absolute atomic E-state index is 12.2. The molecule has 1 unspecified atom stereocenters. The first-order chi connectivity index (χ1) is 10.0. The third-order valence-corrected chi connectivity index (χ3v) is 3.24. The number of ketones is 1. The second-order valence-corrected chi connectivity index (χ2v) is 5.01. The number of alkyl halides is 1. The summed E-state index contributed by atoms with van der Waals surface area (Å²) in [5.74, 6) is 0.0451. The van der Waals surface area contributed by atoms with E-state index in [9.17, 15) is 9.90 Å². The lowest BCUT2D eigenvalue weighted by Gasteiger charge is -2.15. The van der Waals surface area contributed by atoms with Crippen molar-refractivity contribution in [1.82, 2.24) is 0 Å². The number of anilines is 1. The van der Waals surface area contributed by atoms with Gasteiger partial charge in [-0.3, -0.25) is 4.79 Å². The molecular weight excluding hydrogens is 292 g/mol. The molecule has 0 bridgehead atoms. The number of carbonyl (C=O) groups is 1. The average molecular weight is 311 g/mol. The predicted octanol–water partition coefficient (Wildman–Crippen LogP) is 2.49. The van der Waals surface area contributed by atoms with Crippen molar-refractivity contribution in [3.8, 4) is 11.8 Å². The van der Waals surface area contributed by atoms with Crippen molar-refractivity contribution in [3.63, 3.8) is 0 Å². The van der Waals surface area contributed by atoms with Gasteiger partial charge in [-0.1, -0.05) is 13.3 Å². The van der Waals surface area contributed by atoms with Gasteiger partial charge in [-0.15, -0.1) is 11.6 Å². The van der Waals surface area contributed by atoms with E-state index in [1.807, 2.05) is 13.0 Å². The zero-order valence-corrected chi connectivity index (χ0v) is 12.7. The minimum atomic E-state index is -0.866. The summed E-state index contributed by atoms with van der Waals surface area (Å²) in [6.07, 6.45) is 1.13. The smallest absolute Gasteiger partial charge is 0.166 e. The van der Waals surface area contributed by atoms with Gasteiger partial charge in [-0.2, -0.15) is 5.26 Å². The van der Waals surface area contributed by atoms with Crippen molar-refractivity contribution in [1.29, 1.82) is 5.26 Å². The Bertz CT molecular complexity index is 540. The summed E-state index contributed by atoms with van der Waals surface area (Å²) >= 11 is 5.51. The third kappa shape index (κ3) is 4.92. The Morgan fingerprint density at radius 2 is 2.29 bits per heavy atom. The molecule has 0 aliphatic rings. The summed E-state index contributed by atoms with van der Waals surface area (Å²) in [6, 6.07) is 4.90. The highest BCUT2D eigenvalue weighted by Gasteiger charge is 2.18. The quantitative estimate of drug-likeness (QED) is 0.437. The fourth-order valence-corrected chi connectivity index (χ4v) is 1.88. The van der Waals surface area contributed by atoms with E-state index in [4.69, 9.17) is 27.3 Å². The van der Waals surface area contributed by atoms with Gasteiger partial charge in [0.25, 0.3) is 0 Å². The molecule has 1 atom stereocenters. The first kappa shape index (κ1) is 17.3.